The fraction of sp³-hybridized carbons (Fsp3) is 0.250. The third-order valence-corrected chi connectivity index (χ3v) is 4.20. The molecule has 0 aliphatic carbocycles. The zero-order chi connectivity index (χ0) is 13.6. The van der Waals surface area contributed by atoms with Gasteiger partial charge >= 0.3 is 0 Å². The Morgan fingerprint density at radius 1 is 1.32 bits per heavy atom. The van der Waals surface area contributed by atoms with E-state index in [0.29, 0.717) is 5.69 Å². The van der Waals surface area contributed by atoms with Crippen LogP contribution in [0.25, 0.3) is 15.5 Å². The summed E-state index contributed by atoms with van der Waals surface area (Å²) >= 11 is 4.89. The van der Waals surface area contributed by atoms with Crippen LogP contribution in [-0.2, 0) is 0 Å². The molecule has 19 heavy (non-hydrogen) atoms. The van der Waals surface area contributed by atoms with Gasteiger partial charge in [-0.15, -0.1) is 10.2 Å². The van der Waals surface area contributed by atoms with E-state index in [9.17, 15) is 0 Å². The molecule has 1 aromatic carbocycles. The maximum absolute atomic E-state index is 6.03. The van der Waals surface area contributed by atoms with Crippen molar-refractivity contribution in [3.63, 3.8) is 0 Å². The van der Waals surface area contributed by atoms with Crippen LogP contribution in [0.3, 0.4) is 0 Å². The van der Waals surface area contributed by atoms with Crippen LogP contribution in [0.1, 0.15) is 25.6 Å². The summed E-state index contributed by atoms with van der Waals surface area (Å²) in [5.74, 6) is 1.15. The minimum Gasteiger partial charge on any atom is -0.398 e. The van der Waals surface area contributed by atoms with Crippen molar-refractivity contribution >= 4 is 37.9 Å². The van der Waals surface area contributed by atoms with E-state index in [2.05, 4.69) is 45.1 Å². The summed E-state index contributed by atoms with van der Waals surface area (Å²) in [6, 6.07) is 5.79. The molecule has 0 saturated heterocycles. The molecule has 98 valence electrons. The molecule has 0 spiro atoms. The summed E-state index contributed by atoms with van der Waals surface area (Å²) in [7, 11) is 0. The SMILES string of the molecule is CC(C)c1nnc2sc(-c3ccc(Br)cc3N)nn12. The van der Waals surface area contributed by atoms with Gasteiger partial charge in [0.05, 0.1) is 0 Å². The van der Waals surface area contributed by atoms with E-state index in [-0.39, 0.29) is 5.92 Å². The number of anilines is 1. The van der Waals surface area contributed by atoms with Gasteiger partial charge in [0.1, 0.15) is 5.01 Å². The van der Waals surface area contributed by atoms with Crippen LogP contribution >= 0.6 is 27.3 Å². The van der Waals surface area contributed by atoms with E-state index >= 15 is 0 Å². The largest absolute Gasteiger partial charge is 0.398 e. The van der Waals surface area contributed by atoms with Gasteiger partial charge in [-0.1, -0.05) is 41.1 Å². The molecule has 0 aliphatic rings. The van der Waals surface area contributed by atoms with Gasteiger partial charge in [0.15, 0.2) is 5.82 Å². The van der Waals surface area contributed by atoms with Gasteiger partial charge in [-0.3, -0.25) is 0 Å². The number of benzene rings is 1. The van der Waals surface area contributed by atoms with Gasteiger partial charge in [0, 0.05) is 21.6 Å². The van der Waals surface area contributed by atoms with Crippen LogP contribution in [-0.4, -0.2) is 19.8 Å². The summed E-state index contributed by atoms with van der Waals surface area (Å²) < 4.78 is 2.76. The number of hydrogen-bond donors (Lipinski definition) is 1. The predicted octanol–water partition coefficient (Wildman–Crippen LogP) is 3.32. The summed E-state index contributed by atoms with van der Waals surface area (Å²) in [6.45, 7) is 4.15. The Kier molecular flexibility index (Phi) is 3.02. The number of nitrogen functional groups attached to an aromatic ring is 1. The smallest absolute Gasteiger partial charge is 0.234 e. The van der Waals surface area contributed by atoms with Gasteiger partial charge < -0.3 is 5.73 Å². The molecule has 2 N–H and O–H groups in total. The number of aromatic nitrogens is 4. The maximum Gasteiger partial charge on any atom is 0.234 e. The van der Waals surface area contributed by atoms with Gasteiger partial charge in [-0.2, -0.15) is 9.61 Å². The van der Waals surface area contributed by atoms with Crippen molar-refractivity contribution < 1.29 is 0 Å². The maximum atomic E-state index is 6.03. The van der Waals surface area contributed by atoms with Crippen LogP contribution in [0.4, 0.5) is 5.69 Å². The molecule has 0 amide bonds. The van der Waals surface area contributed by atoms with Crippen LogP contribution < -0.4 is 5.73 Å². The van der Waals surface area contributed by atoms with Crippen molar-refractivity contribution in [1.82, 2.24) is 19.8 Å². The van der Waals surface area contributed by atoms with Crippen LogP contribution in [0, 0.1) is 0 Å². The Labute approximate surface area is 122 Å². The van der Waals surface area contributed by atoms with Gasteiger partial charge in [0.2, 0.25) is 4.96 Å². The summed E-state index contributed by atoms with van der Waals surface area (Å²) in [4.78, 5) is 0.793. The zero-order valence-electron chi connectivity index (χ0n) is 10.5. The van der Waals surface area contributed by atoms with Crippen molar-refractivity contribution in [3.8, 4) is 10.6 Å². The molecule has 0 fully saturated rings. The van der Waals surface area contributed by atoms with Gasteiger partial charge in [0.25, 0.3) is 0 Å². The van der Waals surface area contributed by atoms with Gasteiger partial charge in [-0.25, -0.2) is 0 Å². The zero-order valence-corrected chi connectivity index (χ0v) is 12.9. The number of rotatable bonds is 2. The van der Waals surface area contributed by atoms with Crippen LogP contribution in [0.2, 0.25) is 0 Å². The molecule has 3 aromatic rings. The Bertz CT molecular complexity index is 746. The van der Waals surface area contributed by atoms with Crippen LogP contribution in [0.15, 0.2) is 22.7 Å². The van der Waals surface area contributed by atoms with E-state index in [4.69, 9.17) is 5.73 Å². The average Bonchev–Trinajstić information content (AvgIpc) is 2.87. The number of hydrogen-bond acceptors (Lipinski definition) is 5. The molecule has 0 atom stereocenters. The highest BCUT2D eigenvalue weighted by molar-refractivity contribution is 9.10. The van der Waals surface area contributed by atoms with Crippen molar-refractivity contribution in [2.45, 2.75) is 19.8 Å². The lowest BCUT2D eigenvalue weighted by molar-refractivity contribution is 0.727. The molecule has 0 unspecified atom stereocenters. The monoisotopic (exact) mass is 337 g/mol. The van der Waals surface area contributed by atoms with Crippen molar-refractivity contribution in [1.29, 1.82) is 0 Å². The second kappa shape index (κ2) is 4.57. The number of nitrogens with zero attached hydrogens (tertiary/aromatic N) is 4. The number of fused-ring (bicyclic) bond motifs is 1. The molecule has 0 bridgehead atoms. The molecule has 0 saturated carbocycles. The number of nitrogens with two attached hydrogens (primary N) is 1. The first kappa shape index (κ1) is 12.6. The second-order valence-electron chi connectivity index (χ2n) is 4.55. The molecule has 3 rings (SSSR count). The molecule has 5 nitrogen and oxygen atoms in total. The molecule has 7 heteroatoms. The second-order valence-corrected chi connectivity index (χ2v) is 6.42. The lowest BCUT2D eigenvalue weighted by atomic mass is 10.2. The topological polar surface area (TPSA) is 69.1 Å². The predicted molar refractivity (Wildman–Crippen MR) is 80.3 cm³/mol. The van der Waals surface area contributed by atoms with Crippen LogP contribution in [0.5, 0.6) is 0 Å². The lowest BCUT2D eigenvalue weighted by Crippen LogP contribution is -1.98. The van der Waals surface area contributed by atoms with Crippen molar-refractivity contribution in [2.75, 3.05) is 5.73 Å². The summed E-state index contributed by atoms with van der Waals surface area (Å²) in [6.07, 6.45) is 0. The lowest BCUT2D eigenvalue weighted by Gasteiger charge is -2.02. The molecule has 0 radical (unpaired) electrons. The molecular formula is C12H12BrN5S. The summed E-state index contributed by atoms with van der Waals surface area (Å²) in [5, 5.41) is 13.7. The highest BCUT2D eigenvalue weighted by Gasteiger charge is 2.16. The van der Waals surface area contributed by atoms with E-state index in [1.54, 1.807) is 4.52 Å². The van der Waals surface area contributed by atoms with E-state index < -0.39 is 0 Å². The fourth-order valence-electron chi connectivity index (χ4n) is 1.83. The molecule has 2 aromatic heterocycles. The van der Waals surface area contributed by atoms with E-state index in [1.807, 2.05) is 18.2 Å². The third kappa shape index (κ3) is 2.12. The molecular weight excluding hydrogens is 326 g/mol. The Morgan fingerprint density at radius 2 is 2.11 bits per heavy atom. The third-order valence-electron chi connectivity index (χ3n) is 2.78. The minimum atomic E-state index is 0.284. The average molecular weight is 338 g/mol. The standard InChI is InChI=1S/C12H12BrN5S/c1-6(2)10-15-16-12-18(10)17-11(19-12)8-4-3-7(13)5-9(8)14/h3-6H,14H2,1-2H3. The Balaban J connectivity index is 2.15. The first-order chi connectivity index (χ1) is 9.06. The highest BCUT2D eigenvalue weighted by atomic mass is 79.9. The van der Waals surface area contributed by atoms with E-state index in [1.165, 1.54) is 11.3 Å². The number of halogens is 1. The first-order valence-electron chi connectivity index (χ1n) is 5.84. The van der Waals surface area contributed by atoms with Crippen molar-refractivity contribution in [3.05, 3.63) is 28.5 Å². The molecule has 2 heterocycles. The Morgan fingerprint density at radius 3 is 2.79 bits per heavy atom. The Hall–Kier alpha value is -1.47. The van der Waals surface area contributed by atoms with E-state index in [0.717, 1.165) is 25.8 Å². The first-order valence-corrected chi connectivity index (χ1v) is 7.44. The normalized spacial score (nSPS) is 11.6. The van der Waals surface area contributed by atoms with Crippen molar-refractivity contribution in [2.24, 2.45) is 0 Å². The summed E-state index contributed by atoms with van der Waals surface area (Å²) in [5.41, 5.74) is 7.66. The highest BCUT2D eigenvalue weighted by Crippen LogP contribution is 2.32. The quantitative estimate of drug-likeness (QED) is 0.728. The fourth-order valence-corrected chi connectivity index (χ4v) is 3.10. The minimum absolute atomic E-state index is 0.284. The molecule has 0 aliphatic heterocycles. The van der Waals surface area contributed by atoms with Gasteiger partial charge in [-0.05, 0) is 18.2 Å².